The van der Waals surface area contributed by atoms with Crippen LogP contribution in [-0.4, -0.2) is 47.4 Å². The highest BCUT2D eigenvalue weighted by Crippen LogP contribution is 2.31. The largest absolute Gasteiger partial charge is 0.481 e. The van der Waals surface area contributed by atoms with Gasteiger partial charge in [-0.25, -0.2) is 0 Å². The Morgan fingerprint density at radius 3 is 2.25 bits per heavy atom. The molecule has 112 valence electrons. The number of hydrogen-bond acceptors (Lipinski definition) is 3. The molecule has 2 saturated carbocycles. The van der Waals surface area contributed by atoms with Gasteiger partial charge in [0.15, 0.2) is 0 Å². The van der Waals surface area contributed by atoms with Crippen LogP contribution in [0.25, 0.3) is 0 Å². The average molecular weight is 282 g/mol. The molecule has 0 bridgehead atoms. The molecular formula is C14H22N2O4. The van der Waals surface area contributed by atoms with Gasteiger partial charge in [-0.1, -0.05) is 12.8 Å². The first-order chi connectivity index (χ1) is 9.49. The van der Waals surface area contributed by atoms with Crippen LogP contribution in [0.15, 0.2) is 0 Å². The van der Waals surface area contributed by atoms with Gasteiger partial charge in [0.25, 0.3) is 0 Å². The minimum atomic E-state index is -0.904. The Kier molecular flexibility index (Phi) is 4.62. The van der Waals surface area contributed by atoms with Crippen LogP contribution < -0.4 is 5.32 Å². The molecule has 0 aromatic carbocycles. The first-order valence-corrected chi connectivity index (χ1v) is 7.26. The van der Waals surface area contributed by atoms with Crippen molar-refractivity contribution in [3.8, 4) is 0 Å². The summed E-state index contributed by atoms with van der Waals surface area (Å²) in [4.78, 5) is 36.6. The van der Waals surface area contributed by atoms with E-state index in [1.807, 2.05) is 0 Å². The lowest BCUT2D eigenvalue weighted by molar-refractivity contribution is -0.152. The van der Waals surface area contributed by atoms with E-state index < -0.39 is 17.8 Å². The zero-order valence-electron chi connectivity index (χ0n) is 11.8. The summed E-state index contributed by atoms with van der Waals surface area (Å²) < 4.78 is 0. The van der Waals surface area contributed by atoms with E-state index >= 15 is 0 Å². The Balaban J connectivity index is 1.89. The molecule has 2 aliphatic rings. The number of nitrogens with one attached hydrogen (secondary N) is 1. The fourth-order valence-electron chi connectivity index (χ4n) is 2.80. The molecule has 0 radical (unpaired) electrons. The molecule has 20 heavy (non-hydrogen) atoms. The summed E-state index contributed by atoms with van der Waals surface area (Å²) in [6.45, 7) is 0.0121. The maximum absolute atomic E-state index is 12.3. The third kappa shape index (κ3) is 3.71. The van der Waals surface area contributed by atoms with Crippen molar-refractivity contribution in [3.63, 3.8) is 0 Å². The van der Waals surface area contributed by atoms with E-state index in [0.717, 1.165) is 25.7 Å². The van der Waals surface area contributed by atoms with Crippen molar-refractivity contribution in [1.29, 1.82) is 0 Å². The molecule has 6 nitrogen and oxygen atoms in total. The number of amides is 2. The fourth-order valence-corrected chi connectivity index (χ4v) is 2.80. The number of rotatable bonds is 5. The fraction of sp³-hybridized carbons (Fsp3) is 0.786. The maximum Gasteiger partial charge on any atom is 0.307 e. The second kappa shape index (κ2) is 6.24. The van der Waals surface area contributed by atoms with Crippen LogP contribution in [-0.2, 0) is 14.4 Å². The van der Waals surface area contributed by atoms with Gasteiger partial charge in [0.2, 0.25) is 11.8 Å². The van der Waals surface area contributed by atoms with Crippen molar-refractivity contribution in [1.82, 2.24) is 10.2 Å². The number of carboxylic acids is 1. The van der Waals surface area contributed by atoms with Gasteiger partial charge in [-0.3, -0.25) is 14.4 Å². The number of carboxylic acid groups (broad SMARTS) is 1. The molecule has 0 aromatic rings. The minimum Gasteiger partial charge on any atom is -0.481 e. The summed E-state index contributed by atoms with van der Waals surface area (Å²) in [6, 6.07) is 0.271. The van der Waals surface area contributed by atoms with Crippen molar-refractivity contribution < 1.29 is 19.5 Å². The first-order valence-electron chi connectivity index (χ1n) is 7.26. The summed E-state index contributed by atoms with van der Waals surface area (Å²) in [5.74, 6) is -2.38. The highest BCUT2D eigenvalue weighted by molar-refractivity contribution is 5.88. The molecule has 0 heterocycles. The highest BCUT2D eigenvalue weighted by atomic mass is 16.4. The number of carbonyl (C=O) groups is 3. The van der Waals surface area contributed by atoms with Crippen LogP contribution >= 0.6 is 0 Å². The first kappa shape index (κ1) is 14.8. The van der Waals surface area contributed by atoms with Crippen LogP contribution in [0.3, 0.4) is 0 Å². The topological polar surface area (TPSA) is 86.7 Å². The van der Waals surface area contributed by atoms with Crippen LogP contribution in [0.5, 0.6) is 0 Å². The van der Waals surface area contributed by atoms with E-state index in [2.05, 4.69) is 5.32 Å². The molecular weight excluding hydrogens is 260 g/mol. The van der Waals surface area contributed by atoms with E-state index in [4.69, 9.17) is 0 Å². The highest BCUT2D eigenvalue weighted by Gasteiger charge is 2.37. The van der Waals surface area contributed by atoms with E-state index in [9.17, 15) is 19.5 Å². The van der Waals surface area contributed by atoms with Crippen LogP contribution in [0.1, 0.15) is 38.5 Å². The molecule has 0 aliphatic heterocycles. The van der Waals surface area contributed by atoms with E-state index in [-0.39, 0.29) is 24.4 Å². The monoisotopic (exact) mass is 282 g/mol. The second-order valence-electron chi connectivity index (χ2n) is 5.87. The molecule has 0 saturated heterocycles. The molecule has 2 fully saturated rings. The zero-order chi connectivity index (χ0) is 14.7. The Labute approximate surface area is 118 Å². The van der Waals surface area contributed by atoms with E-state index in [1.54, 1.807) is 7.05 Å². The normalized spacial score (nSPS) is 25.9. The summed E-state index contributed by atoms with van der Waals surface area (Å²) >= 11 is 0. The molecule has 2 rings (SSSR count). The molecule has 0 aromatic heterocycles. The van der Waals surface area contributed by atoms with E-state index in [0.29, 0.717) is 12.8 Å². The molecule has 2 amide bonds. The van der Waals surface area contributed by atoms with Crippen LogP contribution in [0, 0.1) is 11.8 Å². The van der Waals surface area contributed by atoms with Gasteiger partial charge in [0.1, 0.15) is 0 Å². The van der Waals surface area contributed by atoms with Gasteiger partial charge in [-0.05, 0) is 25.7 Å². The Bertz CT molecular complexity index is 406. The number of aliphatic carboxylic acids is 1. The van der Waals surface area contributed by atoms with E-state index in [1.165, 1.54) is 4.90 Å². The number of likely N-dealkylation sites (N-methyl/N-ethyl adjacent to an activating group) is 1. The standard InChI is InChI=1S/C14H22N2O4/c1-16(8-12(17)15-9-6-7-9)13(18)10-4-2-3-5-11(10)14(19)20/h9-11H,2-8H2,1H3,(H,15,17)(H,19,20)/t10-,11+/m1/s1. The summed E-state index contributed by atoms with van der Waals surface area (Å²) in [5, 5.41) is 12.0. The SMILES string of the molecule is CN(CC(=O)NC1CC1)C(=O)[C@@H]1CCCC[C@@H]1C(=O)O. The minimum absolute atomic E-state index is 0.0121. The Morgan fingerprint density at radius 1 is 1.10 bits per heavy atom. The molecule has 2 atom stereocenters. The van der Waals surface area contributed by atoms with Gasteiger partial charge >= 0.3 is 5.97 Å². The van der Waals surface area contributed by atoms with Gasteiger partial charge in [0, 0.05) is 13.1 Å². The van der Waals surface area contributed by atoms with Crippen LogP contribution in [0.4, 0.5) is 0 Å². The summed E-state index contributed by atoms with van der Waals surface area (Å²) in [6.07, 6.45) is 4.90. The van der Waals surface area contributed by atoms with Gasteiger partial charge < -0.3 is 15.3 Å². The molecule has 0 unspecified atom stereocenters. The lowest BCUT2D eigenvalue weighted by Crippen LogP contribution is -2.45. The van der Waals surface area contributed by atoms with Crippen molar-refractivity contribution in [2.24, 2.45) is 11.8 Å². The van der Waals surface area contributed by atoms with Crippen molar-refractivity contribution in [3.05, 3.63) is 0 Å². The maximum atomic E-state index is 12.3. The third-order valence-corrected chi connectivity index (χ3v) is 4.10. The zero-order valence-corrected chi connectivity index (χ0v) is 11.8. The number of nitrogens with zero attached hydrogens (tertiary/aromatic N) is 1. The van der Waals surface area contributed by atoms with Crippen molar-refractivity contribution in [2.75, 3.05) is 13.6 Å². The molecule has 0 spiro atoms. The molecule has 2 aliphatic carbocycles. The second-order valence-corrected chi connectivity index (χ2v) is 5.87. The van der Waals surface area contributed by atoms with Crippen LogP contribution in [0.2, 0.25) is 0 Å². The lowest BCUT2D eigenvalue weighted by Gasteiger charge is -2.30. The number of carbonyl (C=O) groups excluding carboxylic acids is 2. The summed E-state index contributed by atoms with van der Waals surface area (Å²) in [5.41, 5.74) is 0. The van der Waals surface area contributed by atoms with Gasteiger partial charge in [-0.2, -0.15) is 0 Å². The Hall–Kier alpha value is -1.59. The molecule has 2 N–H and O–H groups in total. The average Bonchev–Trinajstić information content (AvgIpc) is 3.21. The van der Waals surface area contributed by atoms with Crippen molar-refractivity contribution in [2.45, 2.75) is 44.6 Å². The Morgan fingerprint density at radius 2 is 1.70 bits per heavy atom. The lowest BCUT2D eigenvalue weighted by atomic mass is 9.78. The third-order valence-electron chi connectivity index (χ3n) is 4.10. The smallest absolute Gasteiger partial charge is 0.307 e. The molecule has 6 heteroatoms. The quantitative estimate of drug-likeness (QED) is 0.773. The van der Waals surface area contributed by atoms with Gasteiger partial charge in [-0.15, -0.1) is 0 Å². The predicted octanol–water partition coefficient (Wildman–Crippen LogP) is 0.614. The number of hydrogen-bond donors (Lipinski definition) is 2. The predicted molar refractivity (Wildman–Crippen MR) is 71.9 cm³/mol. The summed E-state index contributed by atoms with van der Waals surface area (Å²) in [7, 11) is 1.57. The van der Waals surface area contributed by atoms with Gasteiger partial charge in [0.05, 0.1) is 18.4 Å². The van der Waals surface area contributed by atoms with Crippen molar-refractivity contribution >= 4 is 17.8 Å².